The molecule has 0 amide bonds. The molecule has 0 aliphatic rings. The molecule has 0 aliphatic carbocycles. The SMILES string of the molecule is CCCCC(C)(CCCC)C(N)C(=O)O. The van der Waals surface area contributed by atoms with E-state index in [4.69, 9.17) is 10.8 Å². The van der Waals surface area contributed by atoms with Gasteiger partial charge in [-0.25, -0.2) is 0 Å². The molecule has 0 aliphatic heterocycles. The van der Waals surface area contributed by atoms with Gasteiger partial charge in [0.2, 0.25) is 0 Å². The molecule has 3 heteroatoms. The Kier molecular flexibility index (Phi) is 6.57. The molecule has 0 aromatic rings. The first-order valence-electron chi connectivity index (χ1n) is 5.96. The van der Waals surface area contributed by atoms with Crippen molar-refractivity contribution in [3.8, 4) is 0 Å². The van der Waals surface area contributed by atoms with E-state index < -0.39 is 12.0 Å². The lowest BCUT2D eigenvalue weighted by atomic mass is 9.74. The van der Waals surface area contributed by atoms with E-state index in [1.807, 2.05) is 6.92 Å². The Labute approximate surface area is 93.0 Å². The largest absolute Gasteiger partial charge is 0.480 e. The first-order chi connectivity index (χ1) is 6.98. The van der Waals surface area contributed by atoms with Crippen molar-refractivity contribution in [3.05, 3.63) is 0 Å². The second kappa shape index (κ2) is 6.83. The lowest BCUT2D eigenvalue weighted by Crippen LogP contribution is -2.45. The molecule has 0 heterocycles. The summed E-state index contributed by atoms with van der Waals surface area (Å²) >= 11 is 0. The summed E-state index contributed by atoms with van der Waals surface area (Å²) in [5.74, 6) is -0.871. The Hall–Kier alpha value is -0.570. The molecule has 15 heavy (non-hydrogen) atoms. The maximum atomic E-state index is 10.9. The zero-order valence-electron chi connectivity index (χ0n) is 10.3. The number of rotatable bonds is 8. The van der Waals surface area contributed by atoms with E-state index in [1.54, 1.807) is 0 Å². The summed E-state index contributed by atoms with van der Waals surface area (Å²) in [6.07, 6.45) is 6.12. The molecular weight excluding hydrogens is 190 g/mol. The van der Waals surface area contributed by atoms with E-state index in [9.17, 15) is 4.79 Å². The zero-order valence-corrected chi connectivity index (χ0v) is 10.3. The minimum atomic E-state index is -0.871. The van der Waals surface area contributed by atoms with Gasteiger partial charge in [0.15, 0.2) is 0 Å². The van der Waals surface area contributed by atoms with Crippen LogP contribution in [0.4, 0.5) is 0 Å². The first kappa shape index (κ1) is 14.4. The molecule has 0 fully saturated rings. The van der Waals surface area contributed by atoms with Gasteiger partial charge in [-0.05, 0) is 18.3 Å². The standard InChI is InChI=1S/C12H25NO2/c1-4-6-8-12(3,9-7-5-2)10(13)11(14)15/h10H,4-9,13H2,1-3H3,(H,14,15). The van der Waals surface area contributed by atoms with Crippen molar-refractivity contribution in [3.63, 3.8) is 0 Å². The van der Waals surface area contributed by atoms with Crippen molar-refractivity contribution in [2.45, 2.75) is 65.3 Å². The van der Waals surface area contributed by atoms with E-state index in [2.05, 4.69) is 13.8 Å². The third kappa shape index (κ3) is 4.65. The van der Waals surface area contributed by atoms with E-state index in [1.165, 1.54) is 0 Å². The van der Waals surface area contributed by atoms with Crippen LogP contribution >= 0.6 is 0 Å². The number of carboxylic acids is 1. The molecular formula is C12H25NO2. The Morgan fingerprint density at radius 1 is 1.27 bits per heavy atom. The average molecular weight is 215 g/mol. The van der Waals surface area contributed by atoms with E-state index in [0.717, 1.165) is 38.5 Å². The van der Waals surface area contributed by atoms with Crippen LogP contribution < -0.4 is 5.73 Å². The van der Waals surface area contributed by atoms with Crippen molar-refractivity contribution < 1.29 is 9.90 Å². The van der Waals surface area contributed by atoms with Crippen LogP contribution in [-0.4, -0.2) is 17.1 Å². The van der Waals surface area contributed by atoms with Gasteiger partial charge in [-0.3, -0.25) is 4.79 Å². The fraction of sp³-hybridized carbons (Fsp3) is 0.917. The van der Waals surface area contributed by atoms with Gasteiger partial charge in [-0.15, -0.1) is 0 Å². The van der Waals surface area contributed by atoms with Crippen molar-refractivity contribution in [2.75, 3.05) is 0 Å². The third-order valence-corrected chi connectivity index (χ3v) is 3.22. The maximum absolute atomic E-state index is 10.9. The highest BCUT2D eigenvalue weighted by atomic mass is 16.4. The van der Waals surface area contributed by atoms with Gasteiger partial charge >= 0.3 is 5.97 Å². The highest BCUT2D eigenvalue weighted by molar-refractivity contribution is 5.74. The Bertz CT molecular complexity index is 184. The topological polar surface area (TPSA) is 63.3 Å². The van der Waals surface area contributed by atoms with E-state index in [0.29, 0.717) is 0 Å². The van der Waals surface area contributed by atoms with E-state index >= 15 is 0 Å². The lowest BCUT2D eigenvalue weighted by Gasteiger charge is -2.33. The molecule has 0 saturated heterocycles. The molecule has 0 radical (unpaired) electrons. The van der Waals surface area contributed by atoms with E-state index in [-0.39, 0.29) is 5.41 Å². The van der Waals surface area contributed by atoms with Gasteiger partial charge in [-0.2, -0.15) is 0 Å². The number of carboxylic acid groups (broad SMARTS) is 1. The van der Waals surface area contributed by atoms with Crippen molar-refractivity contribution in [2.24, 2.45) is 11.1 Å². The van der Waals surface area contributed by atoms with Crippen LogP contribution in [0.15, 0.2) is 0 Å². The van der Waals surface area contributed by atoms with Crippen LogP contribution in [0.1, 0.15) is 59.3 Å². The number of unbranched alkanes of at least 4 members (excludes halogenated alkanes) is 2. The smallest absolute Gasteiger partial charge is 0.321 e. The van der Waals surface area contributed by atoms with Crippen LogP contribution in [0.25, 0.3) is 0 Å². The highest BCUT2D eigenvalue weighted by Crippen LogP contribution is 2.33. The van der Waals surface area contributed by atoms with Gasteiger partial charge in [0.25, 0.3) is 0 Å². The minimum Gasteiger partial charge on any atom is -0.480 e. The summed E-state index contributed by atoms with van der Waals surface area (Å²) < 4.78 is 0. The van der Waals surface area contributed by atoms with Crippen LogP contribution in [0.5, 0.6) is 0 Å². The van der Waals surface area contributed by atoms with Crippen LogP contribution in [-0.2, 0) is 4.79 Å². The molecule has 0 saturated carbocycles. The summed E-state index contributed by atoms with van der Waals surface area (Å²) in [6, 6.07) is -0.726. The molecule has 1 atom stereocenters. The second-order valence-electron chi connectivity index (χ2n) is 4.68. The predicted octanol–water partition coefficient (Wildman–Crippen LogP) is 2.79. The van der Waals surface area contributed by atoms with Crippen molar-refractivity contribution in [1.29, 1.82) is 0 Å². The lowest BCUT2D eigenvalue weighted by molar-refractivity contribution is -0.142. The fourth-order valence-corrected chi connectivity index (χ4v) is 1.90. The average Bonchev–Trinajstić information content (AvgIpc) is 2.22. The van der Waals surface area contributed by atoms with Gasteiger partial charge in [0, 0.05) is 0 Å². The first-order valence-corrected chi connectivity index (χ1v) is 5.96. The summed E-state index contributed by atoms with van der Waals surface area (Å²) in [5, 5.41) is 8.99. The molecule has 0 aromatic carbocycles. The number of aliphatic carboxylic acids is 1. The summed E-state index contributed by atoms with van der Waals surface area (Å²) in [5.41, 5.74) is 5.54. The quantitative estimate of drug-likeness (QED) is 0.654. The number of nitrogens with two attached hydrogens (primary N) is 1. The van der Waals surface area contributed by atoms with Gasteiger partial charge in [0.05, 0.1) is 0 Å². The third-order valence-electron chi connectivity index (χ3n) is 3.22. The van der Waals surface area contributed by atoms with Gasteiger partial charge < -0.3 is 10.8 Å². The Morgan fingerprint density at radius 3 is 1.93 bits per heavy atom. The summed E-state index contributed by atoms with van der Waals surface area (Å²) in [7, 11) is 0. The fourth-order valence-electron chi connectivity index (χ4n) is 1.90. The van der Waals surface area contributed by atoms with Gasteiger partial charge in [-0.1, -0.05) is 46.5 Å². The summed E-state index contributed by atoms with van der Waals surface area (Å²) in [6.45, 7) is 6.25. The number of carbonyl (C=O) groups is 1. The zero-order chi connectivity index (χ0) is 11.9. The Balaban J connectivity index is 4.44. The predicted molar refractivity (Wildman–Crippen MR) is 62.8 cm³/mol. The molecule has 0 aromatic heterocycles. The number of hydrogen-bond donors (Lipinski definition) is 2. The molecule has 0 bridgehead atoms. The molecule has 90 valence electrons. The highest BCUT2D eigenvalue weighted by Gasteiger charge is 2.35. The monoisotopic (exact) mass is 215 g/mol. The minimum absolute atomic E-state index is 0.238. The van der Waals surface area contributed by atoms with Crippen LogP contribution in [0, 0.1) is 5.41 Å². The molecule has 1 unspecified atom stereocenters. The normalized spacial score (nSPS) is 13.9. The van der Waals surface area contributed by atoms with Gasteiger partial charge in [0.1, 0.15) is 6.04 Å². The summed E-state index contributed by atoms with van der Waals surface area (Å²) in [4.78, 5) is 10.9. The van der Waals surface area contributed by atoms with Crippen LogP contribution in [0.3, 0.4) is 0 Å². The van der Waals surface area contributed by atoms with Crippen molar-refractivity contribution in [1.82, 2.24) is 0 Å². The molecule has 0 rings (SSSR count). The van der Waals surface area contributed by atoms with Crippen LogP contribution in [0.2, 0.25) is 0 Å². The molecule has 3 N–H and O–H groups in total. The number of hydrogen-bond acceptors (Lipinski definition) is 2. The van der Waals surface area contributed by atoms with Crippen molar-refractivity contribution >= 4 is 5.97 Å². The molecule has 3 nitrogen and oxygen atoms in total. The second-order valence-corrected chi connectivity index (χ2v) is 4.68. The molecule has 0 spiro atoms. The maximum Gasteiger partial charge on any atom is 0.321 e. The Morgan fingerprint density at radius 2 is 1.67 bits per heavy atom.